The van der Waals surface area contributed by atoms with E-state index >= 15 is 0 Å². The highest BCUT2D eigenvalue weighted by molar-refractivity contribution is 5.81. The van der Waals surface area contributed by atoms with Crippen molar-refractivity contribution in [1.29, 1.82) is 0 Å². The molecule has 27 heavy (non-hydrogen) atoms. The van der Waals surface area contributed by atoms with Crippen molar-refractivity contribution >= 4 is 22.9 Å². The zero-order valence-electron chi connectivity index (χ0n) is 15.6. The third-order valence-corrected chi connectivity index (χ3v) is 4.68. The molecule has 3 aromatic rings. The van der Waals surface area contributed by atoms with Crippen LogP contribution >= 0.6 is 0 Å². The monoisotopic (exact) mass is 365 g/mol. The molecule has 8 nitrogen and oxygen atoms in total. The molecule has 0 bridgehead atoms. The number of fused-ring (bicyclic) bond motifs is 1. The average Bonchev–Trinajstić information content (AvgIpc) is 2.95. The zero-order chi connectivity index (χ0) is 18.8. The molecule has 0 radical (unpaired) electrons. The van der Waals surface area contributed by atoms with Gasteiger partial charge in [0, 0.05) is 37.4 Å². The van der Waals surface area contributed by atoms with Crippen LogP contribution in [-0.2, 0) is 11.2 Å². The van der Waals surface area contributed by atoms with Crippen LogP contribution in [0.25, 0.3) is 11.0 Å². The van der Waals surface area contributed by atoms with Gasteiger partial charge in [0.2, 0.25) is 11.9 Å². The van der Waals surface area contributed by atoms with Gasteiger partial charge in [-0.3, -0.25) is 9.78 Å². The van der Waals surface area contributed by atoms with Gasteiger partial charge in [0.05, 0.1) is 30.3 Å². The second-order valence-electron chi connectivity index (χ2n) is 7.06. The summed E-state index contributed by atoms with van der Waals surface area (Å²) in [6.07, 6.45) is 6.90. The lowest BCUT2D eigenvalue weighted by molar-refractivity contribution is -0.119. The molecule has 1 aliphatic heterocycles. The van der Waals surface area contributed by atoms with E-state index in [1.165, 1.54) is 0 Å². The summed E-state index contributed by atoms with van der Waals surface area (Å²) in [5.74, 6) is 0.605. The summed E-state index contributed by atoms with van der Waals surface area (Å²) in [5, 5.41) is 2.87. The van der Waals surface area contributed by atoms with Gasteiger partial charge in [0.25, 0.3) is 0 Å². The molecular weight excluding hydrogens is 342 g/mol. The Kier molecular flexibility index (Phi) is 4.70. The first-order chi connectivity index (χ1) is 13.1. The van der Waals surface area contributed by atoms with Crippen LogP contribution in [0.1, 0.15) is 37.7 Å². The molecule has 0 saturated carbocycles. The molecule has 4 heterocycles. The highest BCUT2D eigenvalue weighted by Gasteiger charge is 2.17. The van der Waals surface area contributed by atoms with Crippen LogP contribution in [0, 0.1) is 0 Å². The second kappa shape index (κ2) is 7.30. The van der Waals surface area contributed by atoms with Crippen molar-refractivity contribution in [3.05, 3.63) is 42.2 Å². The molecule has 1 amide bonds. The number of hydrogen-bond donors (Lipinski definition) is 1. The summed E-state index contributed by atoms with van der Waals surface area (Å²) in [7, 11) is 0. The van der Waals surface area contributed by atoms with Crippen molar-refractivity contribution < 1.29 is 4.79 Å². The average molecular weight is 365 g/mol. The molecule has 8 heteroatoms. The van der Waals surface area contributed by atoms with Gasteiger partial charge in [0.1, 0.15) is 5.52 Å². The molecule has 0 spiro atoms. The number of carbonyl (C=O) groups is 1. The standard InChI is InChI=1S/C19H23N7O/c1-13(2)26-12-23-16-10-22-15(9-17(16)26)8-14-4-6-21-19(24-14)25-7-3-5-20-18(27)11-25/h4,6,9-10,12-13H,3,5,7-8,11H2,1-2H3,(H,20,27). The first-order valence-corrected chi connectivity index (χ1v) is 9.25. The van der Waals surface area contributed by atoms with Crippen molar-refractivity contribution in [3.63, 3.8) is 0 Å². The highest BCUT2D eigenvalue weighted by atomic mass is 16.2. The Morgan fingerprint density at radius 3 is 2.96 bits per heavy atom. The number of aromatic nitrogens is 5. The Labute approximate surface area is 157 Å². The van der Waals surface area contributed by atoms with Crippen LogP contribution in [0.4, 0.5) is 5.95 Å². The lowest BCUT2D eigenvalue weighted by Gasteiger charge is -2.19. The fourth-order valence-electron chi connectivity index (χ4n) is 3.28. The SMILES string of the molecule is CC(C)n1cnc2cnc(Cc3ccnc(N4CCCNC(=O)C4)n3)cc21. The van der Waals surface area contributed by atoms with E-state index in [0.717, 1.165) is 35.4 Å². The maximum absolute atomic E-state index is 11.8. The predicted octanol–water partition coefficient (Wildman–Crippen LogP) is 1.72. The van der Waals surface area contributed by atoms with E-state index in [-0.39, 0.29) is 5.91 Å². The number of imidazole rings is 1. The lowest BCUT2D eigenvalue weighted by atomic mass is 10.2. The summed E-state index contributed by atoms with van der Waals surface area (Å²) >= 11 is 0. The molecule has 3 aromatic heterocycles. The molecule has 140 valence electrons. The number of nitrogens with one attached hydrogen (secondary N) is 1. The van der Waals surface area contributed by atoms with E-state index in [0.29, 0.717) is 31.5 Å². The minimum absolute atomic E-state index is 0.00979. The Bertz CT molecular complexity index is 966. The van der Waals surface area contributed by atoms with Gasteiger partial charge in [-0.1, -0.05) is 0 Å². The molecule has 0 atom stereocenters. The number of nitrogens with zero attached hydrogens (tertiary/aromatic N) is 6. The second-order valence-corrected chi connectivity index (χ2v) is 7.06. The van der Waals surface area contributed by atoms with Crippen LogP contribution in [-0.4, -0.2) is 50.0 Å². The zero-order valence-corrected chi connectivity index (χ0v) is 15.6. The van der Waals surface area contributed by atoms with Gasteiger partial charge in [-0.25, -0.2) is 15.0 Å². The van der Waals surface area contributed by atoms with Crippen LogP contribution in [0.2, 0.25) is 0 Å². The van der Waals surface area contributed by atoms with E-state index in [2.05, 4.69) is 49.7 Å². The van der Waals surface area contributed by atoms with Crippen LogP contribution in [0.5, 0.6) is 0 Å². The normalized spacial score (nSPS) is 15.2. The van der Waals surface area contributed by atoms with E-state index in [1.54, 1.807) is 6.20 Å². The van der Waals surface area contributed by atoms with Crippen molar-refractivity contribution in [2.24, 2.45) is 0 Å². The minimum Gasteiger partial charge on any atom is -0.354 e. The summed E-state index contributed by atoms with van der Waals surface area (Å²) in [5.41, 5.74) is 3.79. The molecule has 1 saturated heterocycles. The molecule has 0 aliphatic carbocycles. The fraction of sp³-hybridized carbons (Fsp3) is 0.421. The minimum atomic E-state index is 0.00979. The number of pyridine rings is 1. The van der Waals surface area contributed by atoms with Crippen molar-refractivity contribution in [1.82, 2.24) is 29.8 Å². The highest BCUT2D eigenvalue weighted by Crippen LogP contribution is 2.19. The molecular formula is C19H23N7O. The maximum Gasteiger partial charge on any atom is 0.239 e. The summed E-state index contributed by atoms with van der Waals surface area (Å²) in [4.78, 5) is 31.7. The fourth-order valence-corrected chi connectivity index (χ4v) is 3.28. The van der Waals surface area contributed by atoms with E-state index < -0.39 is 0 Å². The van der Waals surface area contributed by atoms with Crippen LogP contribution in [0.3, 0.4) is 0 Å². The molecule has 4 rings (SSSR count). The van der Waals surface area contributed by atoms with E-state index in [1.807, 2.05) is 23.5 Å². The van der Waals surface area contributed by atoms with Gasteiger partial charge in [0.15, 0.2) is 0 Å². The molecule has 1 N–H and O–H groups in total. The third-order valence-electron chi connectivity index (χ3n) is 4.68. The summed E-state index contributed by atoms with van der Waals surface area (Å²) in [6.45, 7) is 6.02. The van der Waals surface area contributed by atoms with Gasteiger partial charge in [-0.05, 0) is 32.4 Å². The van der Waals surface area contributed by atoms with Crippen molar-refractivity contribution in [2.75, 3.05) is 24.5 Å². The van der Waals surface area contributed by atoms with Gasteiger partial charge in [-0.15, -0.1) is 0 Å². The van der Waals surface area contributed by atoms with E-state index in [4.69, 9.17) is 0 Å². The Balaban J connectivity index is 1.58. The maximum atomic E-state index is 11.8. The quantitative estimate of drug-likeness (QED) is 0.757. The molecule has 0 aromatic carbocycles. The number of anilines is 1. The lowest BCUT2D eigenvalue weighted by Crippen LogP contribution is -2.34. The van der Waals surface area contributed by atoms with Gasteiger partial charge in [-0.2, -0.15) is 0 Å². The van der Waals surface area contributed by atoms with Gasteiger partial charge >= 0.3 is 0 Å². The topological polar surface area (TPSA) is 88.8 Å². The number of hydrogen-bond acceptors (Lipinski definition) is 6. The van der Waals surface area contributed by atoms with Crippen LogP contribution in [0.15, 0.2) is 30.9 Å². The van der Waals surface area contributed by atoms with Gasteiger partial charge < -0.3 is 14.8 Å². The smallest absolute Gasteiger partial charge is 0.239 e. The number of rotatable bonds is 4. The molecule has 1 aliphatic rings. The first kappa shape index (κ1) is 17.4. The van der Waals surface area contributed by atoms with Crippen LogP contribution < -0.4 is 10.2 Å². The van der Waals surface area contributed by atoms with E-state index in [9.17, 15) is 4.79 Å². The Morgan fingerprint density at radius 2 is 2.11 bits per heavy atom. The third kappa shape index (κ3) is 3.74. The molecule has 0 unspecified atom stereocenters. The number of carbonyl (C=O) groups excluding carboxylic acids is 1. The van der Waals surface area contributed by atoms with Crippen molar-refractivity contribution in [3.8, 4) is 0 Å². The summed E-state index contributed by atoms with van der Waals surface area (Å²) < 4.78 is 2.14. The summed E-state index contributed by atoms with van der Waals surface area (Å²) in [6, 6.07) is 4.31. The first-order valence-electron chi connectivity index (χ1n) is 9.25. The Hall–Kier alpha value is -3.03. The molecule has 1 fully saturated rings. The largest absolute Gasteiger partial charge is 0.354 e. The predicted molar refractivity (Wildman–Crippen MR) is 103 cm³/mol. The Morgan fingerprint density at radius 1 is 1.22 bits per heavy atom. The van der Waals surface area contributed by atoms with Crippen molar-refractivity contribution in [2.45, 2.75) is 32.7 Å². The number of amides is 1.